The van der Waals surface area contributed by atoms with Gasteiger partial charge in [-0.25, -0.2) is 8.42 Å². The van der Waals surface area contributed by atoms with Crippen molar-refractivity contribution >= 4 is 10.0 Å². The van der Waals surface area contributed by atoms with Crippen molar-refractivity contribution in [3.63, 3.8) is 0 Å². The fourth-order valence-electron chi connectivity index (χ4n) is 1.88. The minimum absolute atomic E-state index is 0.363. The fourth-order valence-corrected chi connectivity index (χ4v) is 3.33. The number of nitrogens with zero attached hydrogens (tertiary/aromatic N) is 1. The lowest BCUT2D eigenvalue weighted by Crippen LogP contribution is -2.32. The molecule has 2 rings (SSSR count). The summed E-state index contributed by atoms with van der Waals surface area (Å²) in [7, 11) is -3.37. The van der Waals surface area contributed by atoms with Crippen molar-refractivity contribution < 1.29 is 8.42 Å². The van der Waals surface area contributed by atoms with E-state index < -0.39 is 10.0 Å². The zero-order valence-corrected chi connectivity index (χ0v) is 10.9. The quantitative estimate of drug-likeness (QED) is 0.810. The van der Waals surface area contributed by atoms with E-state index in [2.05, 4.69) is 6.92 Å². The van der Waals surface area contributed by atoms with Crippen molar-refractivity contribution in [1.82, 2.24) is 4.31 Å². The molecule has 17 heavy (non-hydrogen) atoms. The van der Waals surface area contributed by atoms with Gasteiger partial charge in [0.2, 0.25) is 0 Å². The van der Waals surface area contributed by atoms with Crippen molar-refractivity contribution in [2.45, 2.75) is 25.2 Å². The smallest absolute Gasteiger partial charge is 0.263 e. The highest BCUT2D eigenvalue weighted by molar-refractivity contribution is 7.89. The second kappa shape index (κ2) is 4.53. The van der Waals surface area contributed by atoms with Crippen LogP contribution in [-0.4, -0.2) is 19.3 Å². The van der Waals surface area contributed by atoms with Crippen molar-refractivity contribution in [3.05, 3.63) is 42.1 Å². The molecule has 0 N–H and O–H groups in total. The molecule has 1 aliphatic rings. The van der Waals surface area contributed by atoms with Crippen LogP contribution in [0.1, 0.15) is 18.9 Å². The molecule has 0 amide bonds. The number of allylic oxidation sites excluding steroid dienone is 1. The van der Waals surface area contributed by atoms with Gasteiger partial charge in [0.25, 0.3) is 10.0 Å². The first-order chi connectivity index (χ1) is 8.00. The standard InChI is InChI=1S/C13H17NO2S/c1-11-5-7-13(8-6-11)17(15,16)14-9-3-4-12(2)10-14/h3,5-9,12H,4,10H2,1-2H3/t12-/m0/s1. The molecular formula is C13H17NO2S. The van der Waals surface area contributed by atoms with E-state index in [1.54, 1.807) is 18.3 Å². The molecule has 0 spiro atoms. The first-order valence-corrected chi connectivity index (χ1v) is 7.19. The van der Waals surface area contributed by atoms with Crippen LogP contribution in [0.25, 0.3) is 0 Å². The normalized spacial score (nSPS) is 20.6. The summed E-state index contributed by atoms with van der Waals surface area (Å²) in [5.41, 5.74) is 1.06. The van der Waals surface area contributed by atoms with Crippen molar-refractivity contribution in [2.75, 3.05) is 6.54 Å². The molecule has 1 aromatic rings. The Morgan fingerprint density at radius 2 is 1.88 bits per heavy atom. The highest BCUT2D eigenvalue weighted by Crippen LogP contribution is 2.22. The van der Waals surface area contributed by atoms with Gasteiger partial charge in [-0.3, -0.25) is 4.31 Å². The van der Waals surface area contributed by atoms with Crippen LogP contribution < -0.4 is 0 Å². The van der Waals surface area contributed by atoms with Crippen LogP contribution in [0.5, 0.6) is 0 Å². The summed E-state index contributed by atoms with van der Waals surface area (Å²) in [6, 6.07) is 6.98. The highest BCUT2D eigenvalue weighted by atomic mass is 32.2. The molecular weight excluding hydrogens is 234 g/mol. The monoisotopic (exact) mass is 251 g/mol. The van der Waals surface area contributed by atoms with Crippen LogP contribution in [-0.2, 0) is 10.0 Å². The summed E-state index contributed by atoms with van der Waals surface area (Å²) in [4.78, 5) is 0.363. The predicted molar refractivity (Wildman–Crippen MR) is 68.0 cm³/mol. The number of sulfonamides is 1. The highest BCUT2D eigenvalue weighted by Gasteiger charge is 2.24. The van der Waals surface area contributed by atoms with E-state index in [0.29, 0.717) is 17.4 Å². The zero-order valence-electron chi connectivity index (χ0n) is 10.1. The predicted octanol–water partition coefficient (Wildman–Crippen LogP) is 2.54. The molecule has 0 aromatic heterocycles. The second-order valence-electron chi connectivity index (χ2n) is 4.61. The summed E-state index contributed by atoms with van der Waals surface area (Å²) >= 11 is 0. The zero-order chi connectivity index (χ0) is 12.5. The van der Waals surface area contributed by atoms with E-state index in [4.69, 9.17) is 0 Å². The number of hydrogen-bond donors (Lipinski definition) is 0. The summed E-state index contributed by atoms with van der Waals surface area (Å²) in [5, 5.41) is 0. The minimum Gasteiger partial charge on any atom is -0.273 e. The summed E-state index contributed by atoms with van der Waals surface area (Å²) in [5.74, 6) is 0.375. The Balaban J connectivity index is 2.33. The first-order valence-electron chi connectivity index (χ1n) is 5.75. The van der Waals surface area contributed by atoms with Gasteiger partial charge in [0, 0.05) is 12.7 Å². The van der Waals surface area contributed by atoms with Crippen LogP contribution in [0.15, 0.2) is 41.4 Å². The Labute approximate surface area is 103 Å². The lowest BCUT2D eigenvalue weighted by molar-refractivity contribution is 0.406. The van der Waals surface area contributed by atoms with E-state index >= 15 is 0 Å². The second-order valence-corrected chi connectivity index (χ2v) is 6.50. The molecule has 3 nitrogen and oxygen atoms in total. The van der Waals surface area contributed by atoms with Crippen LogP contribution in [0, 0.1) is 12.8 Å². The Bertz CT molecular complexity index is 517. The molecule has 0 unspecified atom stereocenters. The molecule has 0 fully saturated rings. The summed E-state index contributed by atoms with van der Waals surface area (Å²) in [6.07, 6.45) is 4.54. The van der Waals surface area contributed by atoms with E-state index in [0.717, 1.165) is 12.0 Å². The SMILES string of the molecule is Cc1ccc(S(=O)(=O)N2C=CC[C@H](C)C2)cc1. The molecule has 0 aliphatic carbocycles. The van der Waals surface area contributed by atoms with Crippen molar-refractivity contribution in [2.24, 2.45) is 5.92 Å². The van der Waals surface area contributed by atoms with Crippen LogP contribution >= 0.6 is 0 Å². The average molecular weight is 251 g/mol. The molecule has 1 aromatic carbocycles. The van der Waals surface area contributed by atoms with Gasteiger partial charge in [-0.2, -0.15) is 0 Å². The van der Waals surface area contributed by atoms with Gasteiger partial charge in [-0.1, -0.05) is 30.7 Å². The van der Waals surface area contributed by atoms with Gasteiger partial charge in [-0.05, 0) is 31.4 Å². The van der Waals surface area contributed by atoms with Gasteiger partial charge >= 0.3 is 0 Å². The van der Waals surface area contributed by atoms with Gasteiger partial charge < -0.3 is 0 Å². The van der Waals surface area contributed by atoms with E-state index in [1.807, 2.05) is 25.1 Å². The Kier molecular flexibility index (Phi) is 3.24. The van der Waals surface area contributed by atoms with E-state index in [9.17, 15) is 8.42 Å². The maximum Gasteiger partial charge on any atom is 0.263 e. The molecule has 4 heteroatoms. The third kappa shape index (κ3) is 2.52. The Hall–Kier alpha value is -1.29. The number of benzene rings is 1. The molecule has 0 saturated carbocycles. The van der Waals surface area contributed by atoms with Gasteiger partial charge in [0.15, 0.2) is 0 Å². The largest absolute Gasteiger partial charge is 0.273 e. The average Bonchev–Trinajstić information content (AvgIpc) is 2.29. The van der Waals surface area contributed by atoms with E-state index in [-0.39, 0.29) is 0 Å². The lowest BCUT2D eigenvalue weighted by atomic mass is 10.1. The minimum atomic E-state index is -3.37. The van der Waals surface area contributed by atoms with Gasteiger partial charge in [0.1, 0.15) is 0 Å². The van der Waals surface area contributed by atoms with Crippen LogP contribution in [0.3, 0.4) is 0 Å². The Morgan fingerprint density at radius 3 is 2.47 bits per heavy atom. The molecule has 0 saturated heterocycles. The summed E-state index contributed by atoms with van der Waals surface area (Å²) in [6.45, 7) is 4.56. The maximum absolute atomic E-state index is 12.3. The Morgan fingerprint density at radius 1 is 1.24 bits per heavy atom. The molecule has 1 heterocycles. The third-order valence-electron chi connectivity index (χ3n) is 2.93. The lowest BCUT2D eigenvalue weighted by Gasteiger charge is -2.27. The van der Waals surface area contributed by atoms with E-state index in [1.165, 1.54) is 4.31 Å². The van der Waals surface area contributed by atoms with Crippen molar-refractivity contribution in [1.29, 1.82) is 0 Å². The van der Waals surface area contributed by atoms with Gasteiger partial charge in [0.05, 0.1) is 4.90 Å². The molecule has 92 valence electrons. The topological polar surface area (TPSA) is 37.4 Å². The fraction of sp³-hybridized carbons (Fsp3) is 0.385. The maximum atomic E-state index is 12.3. The van der Waals surface area contributed by atoms with Crippen LogP contribution in [0.2, 0.25) is 0 Å². The molecule has 1 aliphatic heterocycles. The molecule has 0 radical (unpaired) electrons. The number of hydrogen-bond acceptors (Lipinski definition) is 2. The third-order valence-corrected chi connectivity index (χ3v) is 4.69. The van der Waals surface area contributed by atoms with Crippen LogP contribution in [0.4, 0.5) is 0 Å². The molecule has 0 bridgehead atoms. The summed E-state index contributed by atoms with van der Waals surface area (Å²) < 4.78 is 26.1. The van der Waals surface area contributed by atoms with Gasteiger partial charge in [-0.15, -0.1) is 0 Å². The molecule has 1 atom stereocenters. The number of aryl methyl sites for hydroxylation is 1. The first kappa shape index (κ1) is 12.2. The van der Waals surface area contributed by atoms with Crippen molar-refractivity contribution in [3.8, 4) is 0 Å². The number of rotatable bonds is 2.